The highest BCUT2D eigenvalue weighted by Gasteiger charge is 2.33. The molecule has 0 aliphatic carbocycles. The van der Waals surface area contributed by atoms with Gasteiger partial charge in [-0.15, -0.1) is 12.4 Å². The molecule has 0 radical (unpaired) electrons. The standard InChI is InChI=1S/C12H13F3N4O.ClH/c1-20-11-9(2-3-10(18-11)12(13,14)15)7-19-6-8(4-16)5-17-19;/h2-3,5-6H,4,7,16H2,1H3;1H. The van der Waals surface area contributed by atoms with Gasteiger partial charge < -0.3 is 10.5 Å². The predicted octanol–water partition coefficient (Wildman–Crippen LogP) is 2.23. The molecule has 5 nitrogen and oxygen atoms in total. The number of ether oxygens (including phenoxy) is 1. The van der Waals surface area contributed by atoms with Gasteiger partial charge in [0.1, 0.15) is 5.69 Å². The number of aromatic nitrogens is 3. The number of hydrogen-bond donors (Lipinski definition) is 1. The monoisotopic (exact) mass is 322 g/mol. The fourth-order valence-corrected chi connectivity index (χ4v) is 1.70. The molecule has 0 atom stereocenters. The van der Waals surface area contributed by atoms with E-state index < -0.39 is 11.9 Å². The fourth-order valence-electron chi connectivity index (χ4n) is 1.70. The molecule has 2 heterocycles. The Morgan fingerprint density at radius 2 is 2.05 bits per heavy atom. The molecule has 0 aromatic carbocycles. The molecule has 0 fully saturated rings. The van der Waals surface area contributed by atoms with Crippen LogP contribution in [0.5, 0.6) is 5.88 Å². The van der Waals surface area contributed by atoms with Crippen LogP contribution in [0.1, 0.15) is 16.8 Å². The fraction of sp³-hybridized carbons (Fsp3) is 0.333. The zero-order valence-corrected chi connectivity index (χ0v) is 11.9. The number of hydrogen-bond acceptors (Lipinski definition) is 4. The van der Waals surface area contributed by atoms with Crippen LogP contribution in [0.25, 0.3) is 0 Å². The van der Waals surface area contributed by atoms with Crippen LogP contribution >= 0.6 is 12.4 Å². The van der Waals surface area contributed by atoms with Crippen molar-refractivity contribution in [1.82, 2.24) is 14.8 Å². The molecule has 2 aromatic heterocycles. The molecule has 21 heavy (non-hydrogen) atoms. The number of nitrogens with zero attached hydrogens (tertiary/aromatic N) is 3. The van der Waals surface area contributed by atoms with Gasteiger partial charge in [-0.25, -0.2) is 4.98 Å². The van der Waals surface area contributed by atoms with E-state index in [0.29, 0.717) is 12.1 Å². The molecule has 2 rings (SSSR count). The lowest BCUT2D eigenvalue weighted by molar-refractivity contribution is -0.141. The zero-order chi connectivity index (χ0) is 14.8. The van der Waals surface area contributed by atoms with E-state index in [2.05, 4.69) is 10.1 Å². The first kappa shape index (κ1) is 17.3. The minimum Gasteiger partial charge on any atom is -0.481 e. The average molecular weight is 323 g/mol. The molecule has 116 valence electrons. The van der Waals surface area contributed by atoms with E-state index in [9.17, 15) is 13.2 Å². The summed E-state index contributed by atoms with van der Waals surface area (Å²) in [6, 6.07) is 2.25. The number of alkyl halides is 3. The average Bonchev–Trinajstić information content (AvgIpc) is 2.85. The van der Waals surface area contributed by atoms with Crippen molar-refractivity contribution < 1.29 is 17.9 Å². The van der Waals surface area contributed by atoms with E-state index in [1.807, 2.05) is 0 Å². The highest BCUT2D eigenvalue weighted by Crippen LogP contribution is 2.30. The number of rotatable bonds is 4. The summed E-state index contributed by atoms with van der Waals surface area (Å²) in [5, 5.41) is 4.06. The molecule has 0 saturated carbocycles. The van der Waals surface area contributed by atoms with Gasteiger partial charge in [0.2, 0.25) is 5.88 Å². The molecule has 0 unspecified atom stereocenters. The van der Waals surface area contributed by atoms with E-state index in [-0.39, 0.29) is 24.8 Å². The van der Waals surface area contributed by atoms with Gasteiger partial charge in [0, 0.05) is 23.9 Å². The topological polar surface area (TPSA) is 66.0 Å². The Kier molecular flexibility index (Phi) is 5.56. The van der Waals surface area contributed by atoms with E-state index in [0.717, 1.165) is 11.6 Å². The van der Waals surface area contributed by atoms with Crippen LogP contribution in [0.3, 0.4) is 0 Å². The quantitative estimate of drug-likeness (QED) is 0.937. The van der Waals surface area contributed by atoms with Crippen molar-refractivity contribution in [2.24, 2.45) is 5.73 Å². The van der Waals surface area contributed by atoms with Crippen LogP contribution < -0.4 is 10.5 Å². The minimum atomic E-state index is -4.50. The summed E-state index contributed by atoms with van der Waals surface area (Å²) in [7, 11) is 1.28. The summed E-state index contributed by atoms with van der Waals surface area (Å²) >= 11 is 0. The molecule has 0 bridgehead atoms. The van der Waals surface area contributed by atoms with Crippen molar-refractivity contribution >= 4 is 12.4 Å². The second kappa shape index (κ2) is 6.77. The summed E-state index contributed by atoms with van der Waals surface area (Å²) in [5.41, 5.74) is 5.82. The maximum absolute atomic E-state index is 12.6. The third-order valence-electron chi connectivity index (χ3n) is 2.68. The first-order valence-corrected chi connectivity index (χ1v) is 5.76. The molecule has 0 amide bonds. The lowest BCUT2D eigenvalue weighted by atomic mass is 10.2. The first-order valence-electron chi connectivity index (χ1n) is 5.76. The Morgan fingerprint density at radius 3 is 2.57 bits per heavy atom. The van der Waals surface area contributed by atoms with Crippen LogP contribution in [0.4, 0.5) is 13.2 Å². The van der Waals surface area contributed by atoms with Gasteiger partial charge in [-0.2, -0.15) is 18.3 Å². The number of nitrogens with two attached hydrogens (primary N) is 1. The summed E-state index contributed by atoms with van der Waals surface area (Å²) in [5.74, 6) is -0.0652. The van der Waals surface area contributed by atoms with Crippen molar-refractivity contribution in [2.75, 3.05) is 7.11 Å². The highest BCUT2D eigenvalue weighted by atomic mass is 35.5. The van der Waals surface area contributed by atoms with E-state index >= 15 is 0 Å². The normalized spacial score (nSPS) is 11.1. The summed E-state index contributed by atoms with van der Waals surface area (Å²) < 4.78 is 44.2. The van der Waals surface area contributed by atoms with Crippen molar-refractivity contribution in [1.29, 1.82) is 0 Å². The minimum absolute atomic E-state index is 0. The molecule has 0 aliphatic heterocycles. The Balaban J connectivity index is 0.00000220. The summed E-state index contributed by atoms with van der Waals surface area (Å²) in [4.78, 5) is 3.47. The van der Waals surface area contributed by atoms with Gasteiger partial charge in [-0.05, 0) is 12.1 Å². The molecular formula is C12H14ClF3N4O. The maximum Gasteiger partial charge on any atom is 0.433 e. The van der Waals surface area contributed by atoms with Gasteiger partial charge in [0.15, 0.2) is 0 Å². The molecule has 9 heteroatoms. The number of methoxy groups -OCH3 is 1. The van der Waals surface area contributed by atoms with E-state index in [1.165, 1.54) is 13.2 Å². The van der Waals surface area contributed by atoms with Crippen LogP contribution in [-0.4, -0.2) is 21.9 Å². The van der Waals surface area contributed by atoms with Crippen LogP contribution in [0.15, 0.2) is 24.5 Å². The van der Waals surface area contributed by atoms with Crippen molar-refractivity contribution in [3.05, 3.63) is 41.3 Å². The predicted molar refractivity (Wildman–Crippen MR) is 72.3 cm³/mol. The number of halogens is 4. The number of pyridine rings is 1. The Labute approximate surface area is 125 Å². The zero-order valence-electron chi connectivity index (χ0n) is 11.1. The maximum atomic E-state index is 12.6. The molecule has 2 N–H and O–H groups in total. The van der Waals surface area contributed by atoms with Gasteiger partial charge >= 0.3 is 6.18 Å². The molecule has 2 aromatic rings. The second-order valence-corrected chi connectivity index (χ2v) is 4.11. The third kappa shape index (κ3) is 4.08. The Morgan fingerprint density at radius 1 is 1.33 bits per heavy atom. The lowest BCUT2D eigenvalue weighted by Crippen LogP contribution is -2.11. The molecule has 0 aliphatic rings. The van der Waals surface area contributed by atoms with E-state index in [1.54, 1.807) is 17.1 Å². The van der Waals surface area contributed by atoms with Gasteiger partial charge in [-0.3, -0.25) is 4.68 Å². The highest BCUT2D eigenvalue weighted by molar-refractivity contribution is 5.85. The molecule has 0 spiro atoms. The first-order chi connectivity index (χ1) is 9.44. The van der Waals surface area contributed by atoms with Crippen molar-refractivity contribution in [2.45, 2.75) is 19.3 Å². The van der Waals surface area contributed by atoms with Crippen LogP contribution in [0.2, 0.25) is 0 Å². The Hall–Kier alpha value is -1.80. The van der Waals surface area contributed by atoms with Crippen molar-refractivity contribution in [3.8, 4) is 5.88 Å². The molecule has 0 saturated heterocycles. The SMILES string of the molecule is COc1nc(C(F)(F)F)ccc1Cn1cc(CN)cn1.Cl. The van der Waals surface area contributed by atoms with Crippen molar-refractivity contribution in [3.63, 3.8) is 0 Å². The summed E-state index contributed by atoms with van der Waals surface area (Å²) in [6.45, 7) is 0.608. The van der Waals surface area contributed by atoms with Gasteiger partial charge in [0.05, 0.1) is 19.9 Å². The van der Waals surface area contributed by atoms with E-state index in [4.69, 9.17) is 10.5 Å². The Bertz CT molecular complexity index is 600. The lowest BCUT2D eigenvalue weighted by Gasteiger charge is -2.11. The summed E-state index contributed by atoms with van der Waals surface area (Å²) in [6.07, 6.45) is -1.18. The second-order valence-electron chi connectivity index (χ2n) is 4.11. The third-order valence-corrected chi connectivity index (χ3v) is 2.68. The largest absolute Gasteiger partial charge is 0.481 e. The molecular weight excluding hydrogens is 309 g/mol. The van der Waals surface area contributed by atoms with Gasteiger partial charge in [0.25, 0.3) is 0 Å². The smallest absolute Gasteiger partial charge is 0.433 e. The van der Waals surface area contributed by atoms with Crippen LogP contribution in [0, 0.1) is 0 Å². The van der Waals surface area contributed by atoms with Crippen LogP contribution in [-0.2, 0) is 19.3 Å². The van der Waals surface area contributed by atoms with Gasteiger partial charge in [-0.1, -0.05) is 0 Å².